The van der Waals surface area contributed by atoms with Crippen LogP contribution in [0.1, 0.15) is 79.4 Å². The maximum Gasteiger partial charge on any atom is 0.172 e. The lowest BCUT2D eigenvalue weighted by Crippen LogP contribution is -2.26. The summed E-state index contributed by atoms with van der Waals surface area (Å²) in [6.45, 7) is 18.2. The Hall–Kier alpha value is -4.57. The highest BCUT2D eigenvalue weighted by Crippen LogP contribution is 2.49. The minimum absolute atomic E-state index is 0.0640. The van der Waals surface area contributed by atoms with Gasteiger partial charge in [-0.05, 0) is 97.1 Å². The van der Waals surface area contributed by atoms with Crippen LogP contribution in [0.2, 0.25) is 0 Å². The molecule has 6 heteroatoms. The fourth-order valence-electron chi connectivity index (χ4n) is 7.04. The molecule has 5 nitrogen and oxygen atoms in total. The summed E-state index contributed by atoms with van der Waals surface area (Å²) in [6.07, 6.45) is 10.6. The molecular weight excluding hydrogens is 656 g/mol. The van der Waals surface area contributed by atoms with Crippen molar-refractivity contribution in [3.63, 3.8) is 0 Å². The molecule has 1 atom stereocenters. The predicted molar refractivity (Wildman–Crippen MR) is 196 cm³/mol. The standard InChI is InChI=1S/C42H43BrN4O/c1-27-29(15-19-35-34(25-46)39(31(23-44)24-45)48-42(35,7)8)21-32(40(2,3)4)22-30(27)16-20-38-41(5,6)36-11-9-10-12-37(36)47(38)26-28-13-17-33(43)18-14-28/h9-20,32H,21-22,26H2,1-8H3/b19-15+,30-16+,38-20+. The largest absolute Gasteiger partial charge is 0.480 e. The van der Waals surface area contributed by atoms with Crippen LogP contribution >= 0.6 is 15.9 Å². The molecule has 48 heavy (non-hydrogen) atoms. The molecule has 0 saturated heterocycles. The van der Waals surface area contributed by atoms with Crippen LogP contribution in [-0.4, -0.2) is 5.60 Å². The van der Waals surface area contributed by atoms with Crippen LogP contribution in [0.15, 0.2) is 122 Å². The van der Waals surface area contributed by atoms with Crippen molar-refractivity contribution in [1.82, 2.24) is 0 Å². The number of ether oxygens (including phenoxy) is 1. The van der Waals surface area contributed by atoms with Crippen LogP contribution in [0.25, 0.3) is 0 Å². The number of fused-ring (bicyclic) bond motifs is 1. The van der Waals surface area contributed by atoms with Gasteiger partial charge in [0.2, 0.25) is 0 Å². The minimum atomic E-state index is -0.854. The number of nitrogens with zero attached hydrogens (tertiary/aromatic N) is 4. The molecule has 0 fully saturated rings. The van der Waals surface area contributed by atoms with Crippen LogP contribution in [-0.2, 0) is 16.7 Å². The first kappa shape index (κ1) is 34.8. The lowest BCUT2D eigenvalue weighted by Gasteiger charge is -2.36. The Morgan fingerprint density at radius 3 is 2.25 bits per heavy atom. The van der Waals surface area contributed by atoms with E-state index in [4.69, 9.17) is 4.74 Å². The smallest absolute Gasteiger partial charge is 0.172 e. The van der Waals surface area contributed by atoms with Gasteiger partial charge in [0, 0.05) is 33.4 Å². The molecule has 2 aliphatic heterocycles. The summed E-state index contributed by atoms with van der Waals surface area (Å²) in [5, 5.41) is 29.0. The Kier molecular flexibility index (Phi) is 9.52. The summed E-state index contributed by atoms with van der Waals surface area (Å²) >= 11 is 3.58. The number of hydrogen-bond acceptors (Lipinski definition) is 5. The lowest BCUT2D eigenvalue weighted by molar-refractivity contribution is 0.0954. The molecule has 2 aromatic carbocycles. The van der Waals surface area contributed by atoms with Crippen molar-refractivity contribution < 1.29 is 4.74 Å². The van der Waals surface area contributed by atoms with Crippen LogP contribution in [0.3, 0.4) is 0 Å². The molecule has 5 rings (SSSR count). The SMILES string of the molecule is CC1=C(/C=C/C2=C(C#N)C(=C(C#N)C#N)OC2(C)C)CC(C(C)(C)C)C/C1=C\C=C1\N(Cc2ccc(Br)cc2)c2ccccc2C1(C)C. The van der Waals surface area contributed by atoms with Crippen molar-refractivity contribution in [3.8, 4) is 18.2 Å². The maximum absolute atomic E-state index is 10.1. The zero-order valence-corrected chi connectivity index (χ0v) is 30.8. The Morgan fingerprint density at radius 1 is 0.958 bits per heavy atom. The third-order valence-electron chi connectivity index (χ3n) is 10.1. The van der Waals surface area contributed by atoms with E-state index in [1.54, 1.807) is 0 Å². The summed E-state index contributed by atoms with van der Waals surface area (Å²) in [4.78, 5) is 2.46. The van der Waals surface area contributed by atoms with E-state index in [-0.39, 0.29) is 27.7 Å². The summed E-state index contributed by atoms with van der Waals surface area (Å²) in [5.41, 5.74) is 8.61. The zero-order chi connectivity index (χ0) is 35.0. The van der Waals surface area contributed by atoms with E-state index in [0.29, 0.717) is 11.5 Å². The second-order valence-corrected chi connectivity index (χ2v) is 15.9. The van der Waals surface area contributed by atoms with Gasteiger partial charge in [-0.15, -0.1) is 0 Å². The van der Waals surface area contributed by atoms with E-state index in [1.165, 1.54) is 39.2 Å². The molecule has 0 bridgehead atoms. The Labute approximate surface area is 294 Å². The predicted octanol–water partition coefficient (Wildman–Crippen LogP) is 10.8. The summed E-state index contributed by atoms with van der Waals surface area (Å²) < 4.78 is 7.09. The highest BCUT2D eigenvalue weighted by molar-refractivity contribution is 9.10. The highest BCUT2D eigenvalue weighted by atomic mass is 79.9. The molecule has 244 valence electrons. The van der Waals surface area contributed by atoms with E-state index in [1.807, 2.05) is 32.1 Å². The molecule has 0 amide bonds. The third-order valence-corrected chi connectivity index (χ3v) is 10.7. The van der Waals surface area contributed by atoms with Gasteiger partial charge < -0.3 is 9.64 Å². The molecule has 0 aromatic heterocycles. The molecule has 2 heterocycles. The Balaban J connectivity index is 1.60. The number of allylic oxidation sites excluding steroid dienone is 9. The topological polar surface area (TPSA) is 83.8 Å². The van der Waals surface area contributed by atoms with E-state index in [2.05, 4.69) is 135 Å². The average Bonchev–Trinajstić information content (AvgIpc) is 3.41. The number of para-hydroxylation sites is 1. The van der Waals surface area contributed by atoms with Crippen molar-refractivity contribution >= 4 is 21.6 Å². The summed E-state index contributed by atoms with van der Waals surface area (Å²) in [7, 11) is 0. The van der Waals surface area contributed by atoms with Gasteiger partial charge in [0.1, 0.15) is 29.4 Å². The number of anilines is 1. The van der Waals surface area contributed by atoms with Crippen LogP contribution in [0.4, 0.5) is 5.69 Å². The van der Waals surface area contributed by atoms with E-state index in [0.717, 1.165) is 23.9 Å². The van der Waals surface area contributed by atoms with Gasteiger partial charge in [0.15, 0.2) is 11.3 Å². The van der Waals surface area contributed by atoms with Crippen molar-refractivity contribution in [3.05, 3.63) is 133 Å². The highest BCUT2D eigenvalue weighted by Gasteiger charge is 2.41. The molecule has 0 spiro atoms. The van der Waals surface area contributed by atoms with Crippen LogP contribution < -0.4 is 4.90 Å². The second-order valence-electron chi connectivity index (χ2n) is 15.0. The number of halogens is 1. The first-order chi connectivity index (χ1) is 22.6. The molecule has 1 unspecified atom stereocenters. The Morgan fingerprint density at radius 2 is 1.62 bits per heavy atom. The van der Waals surface area contributed by atoms with Gasteiger partial charge >= 0.3 is 0 Å². The quantitative estimate of drug-likeness (QED) is 0.290. The Bertz CT molecular complexity index is 1940. The number of rotatable bonds is 5. The van der Waals surface area contributed by atoms with Gasteiger partial charge in [-0.3, -0.25) is 0 Å². The molecule has 0 radical (unpaired) electrons. The van der Waals surface area contributed by atoms with E-state index in [9.17, 15) is 15.8 Å². The van der Waals surface area contributed by atoms with E-state index >= 15 is 0 Å². The van der Waals surface area contributed by atoms with Gasteiger partial charge in [-0.1, -0.05) is 99.1 Å². The molecule has 2 aromatic rings. The molecule has 3 aliphatic rings. The third kappa shape index (κ3) is 6.58. The summed E-state index contributed by atoms with van der Waals surface area (Å²) in [6, 6.07) is 23.2. The molecule has 0 N–H and O–H groups in total. The average molecular weight is 700 g/mol. The van der Waals surface area contributed by atoms with Gasteiger partial charge in [0.25, 0.3) is 0 Å². The maximum atomic E-state index is 10.1. The van der Waals surface area contributed by atoms with Crippen molar-refractivity contribution in [1.29, 1.82) is 15.8 Å². The van der Waals surface area contributed by atoms with Crippen LogP contribution in [0, 0.1) is 45.3 Å². The monoisotopic (exact) mass is 698 g/mol. The van der Waals surface area contributed by atoms with Gasteiger partial charge in [-0.25, -0.2) is 0 Å². The molecule has 1 aliphatic carbocycles. The number of nitriles is 3. The number of hydrogen-bond donors (Lipinski definition) is 0. The van der Waals surface area contributed by atoms with Crippen molar-refractivity contribution in [2.45, 2.75) is 85.8 Å². The fraction of sp³-hybridized carbons (Fsp3) is 0.357. The second kappa shape index (κ2) is 13.1. The van der Waals surface area contributed by atoms with Crippen molar-refractivity contribution in [2.24, 2.45) is 11.3 Å². The zero-order valence-electron chi connectivity index (χ0n) is 29.2. The molecule has 0 saturated carbocycles. The van der Waals surface area contributed by atoms with Crippen LogP contribution in [0.5, 0.6) is 0 Å². The van der Waals surface area contributed by atoms with Gasteiger partial charge in [-0.2, -0.15) is 15.8 Å². The fourth-order valence-corrected chi connectivity index (χ4v) is 7.31. The van der Waals surface area contributed by atoms with Crippen molar-refractivity contribution in [2.75, 3.05) is 4.90 Å². The lowest BCUT2D eigenvalue weighted by atomic mass is 9.69. The first-order valence-corrected chi connectivity index (χ1v) is 17.2. The molecular formula is C42H43BrN4O. The summed E-state index contributed by atoms with van der Waals surface area (Å²) in [5.74, 6) is 0.476. The van der Waals surface area contributed by atoms with Gasteiger partial charge in [0.05, 0.1) is 0 Å². The first-order valence-electron chi connectivity index (χ1n) is 16.4. The minimum Gasteiger partial charge on any atom is -0.480 e. The van der Waals surface area contributed by atoms with E-state index < -0.39 is 5.60 Å². The normalized spacial score (nSPS) is 21.8. The number of benzene rings is 2.